The van der Waals surface area contributed by atoms with Gasteiger partial charge in [0.05, 0.1) is 19.8 Å². The van der Waals surface area contributed by atoms with E-state index in [4.69, 9.17) is 23.7 Å². The van der Waals surface area contributed by atoms with Crippen molar-refractivity contribution in [2.75, 3.05) is 26.4 Å². The summed E-state index contributed by atoms with van der Waals surface area (Å²) in [5.41, 5.74) is 0. The van der Waals surface area contributed by atoms with Gasteiger partial charge in [-0.15, -0.1) is 0 Å². The van der Waals surface area contributed by atoms with Gasteiger partial charge in [-0.2, -0.15) is 0 Å². The molecule has 0 aromatic carbocycles. The van der Waals surface area contributed by atoms with Gasteiger partial charge in [-0.05, 0) is 0 Å². The molecular weight excluding hydrogens is 472 g/mol. The van der Waals surface area contributed by atoms with Crippen LogP contribution in [0, 0.1) is 0 Å². The molecule has 0 unspecified atom stereocenters. The van der Waals surface area contributed by atoms with Crippen molar-refractivity contribution in [3.63, 3.8) is 0 Å². The van der Waals surface area contributed by atoms with Crippen LogP contribution in [0.2, 0.25) is 0 Å². The summed E-state index contributed by atoms with van der Waals surface area (Å²) >= 11 is 0. The summed E-state index contributed by atoms with van der Waals surface area (Å²) in [4.78, 5) is 0. The van der Waals surface area contributed by atoms with Crippen molar-refractivity contribution in [3.8, 4) is 0 Å². The van der Waals surface area contributed by atoms with Crippen LogP contribution in [0.25, 0.3) is 0 Å². The molecule has 3 aliphatic rings. The van der Waals surface area contributed by atoms with E-state index in [0.29, 0.717) is 0 Å². The summed E-state index contributed by atoms with van der Waals surface area (Å²) in [5, 5.41) is 109. The third-order valence-corrected chi connectivity index (χ3v) is 6.17. The van der Waals surface area contributed by atoms with Gasteiger partial charge in [0.1, 0.15) is 73.8 Å². The number of aliphatic hydroxyl groups excluding tert-OH is 11. The molecule has 0 aromatic heterocycles. The Kier molecular flexibility index (Phi) is 9.18. The topological polar surface area (TPSA) is 269 Å². The van der Waals surface area contributed by atoms with Gasteiger partial charge in [-0.25, -0.2) is 0 Å². The summed E-state index contributed by atoms with van der Waals surface area (Å²) < 4.78 is 27.0. The van der Waals surface area contributed by atoms with Crippen molar-refractivity contribution in [1.82, 2.24) is 0 Å². The maximum absolute atomic E-state index is 10.6. The van der Waals surface area contributed by atoms with E-state index in [1.807, 2.05) is 0 Å². The molecule has 3 aliphatic heterocycles. The van der Waals surface area contributed by atoms with E-state index in [1.165, 1.54) is 0 Å². The number of aliphatic hydroxyl groups is 11. The van der Waals surface area contributed by atoms with Crippen LogP contribution in [0.15, 0.2) is 0 Å². The zero-order valence-electron chi connectivity index (χ0n) is 17.8. The van der Waals surface area contributed by atoms with Crippen molar-refractivity contribution in [3.05, 3.63) is 0 Å². The van der Waals surface area contributed by atoms with E-state index in [-0.39, 0.29) is 0 Å². The lowest BCUT2D eigenvalue weighted by atomic mass is 9.98. The van der Waals surface area contributed by atoms with E-state index in [1.54, 1.807) is 0 Å². The van der Waals surface area contributed by atoms with Crippen LogP contribution in [0.4, 0.5) is 0 Å². The second-order valence-corrected chi connectivity index (χ2v) is 8.37. The Morgan fingerprint density at radius 1 is 0.559 bits per heavy atom. The van der Waals surface area contributed by atoms with E-state index in [0.717, 1.165) is 0 Å². The quantitative estimate of drug-likeness (QED) is 0.146. The second kappa shape index (κ2) is 11.2. The molecular formula is C18H32O16. The molecule has 0 radical (unpaired) electrons. The first-order chi connectivity index (χ1) is 16.0. The maximum Gasteiger partial charge on any atom is 0.224 e. The Hall–Kier alpha value is -0.640. The third-order valence-electron chi connectivity index (χ3n) is 6.17. The van der Waals surface area contributed by atoms with Crippen LogP contribution in [-0.2, 0) is 23.7 Å². The SMILES string of the molecule is OC[C@H]1O[C@](CO)(O[C@H]2O[C@H](CO)[C@@H](O)[C@H](O)[C@H]2O)[C@@H](O[C@H]2O[C@H](CO)[C@@H](O)[C@H](O)[C@H]2O)[C@@H]1O. The number of ether oxygens (including phenoxy) is 5. The fourth-order valence-corrected chi connectivity index (χ4v) is 4.12. The molecule has 3 fully saturated rings. The standard InChI is InChI=1S/C18H32O16/c19-1-5-8(23)11(26)13(28)16(30-5)32-15-10(25)7(3-21)33-18(15,4-22)34-17-14(29)12(27)9(24)6(2-20)31-17/h5-17,19-29H,1-4H2/t5-,6-,7-,8-,9-,10-,11+,12+,13-,14-,15+,16-,17-,18-/m1/s1. The van der Waals surface area contributed by atoms with Crippen molar-refractivity contribution in [1.29, 1.82) is 0 Å². The molecule has 0 bridgehead atoms. The molecule has 3 saturated heterocycles. The van der Waals surface area contributed by atoms with Crippen molar-refractivity contribution in [2.24, 2.45) is 0 Å². The molecule has 3 heterocycles. The predicted octanol–water partition coefficient (Wildman–Crippen LogP) is -7.57. The molecule has 3 rings (SSSR count). The Morgan fingerprint density at radius 3 is 1.50 bits per heavy atom. The summed E-state index contributed by atoms with van der Waals surface area (Å²) in [6, 6.07) is 0. The zero-order valence-corrected chi connectivity index (χ0v) is 17.8. The third kappa shape index (κ3) is 4.96. The van der Waals surface area contributed by atoms with Gasteiger partial charge in [0, 0.05) is 0 Å². The van der Waals surface area contributed by atoms with Crippen LogP contribution in [0.5, 0.6) is 0 Å². The first-order valence-electron chi connectivity index (χ1n) is 10.6. The second-order valence-electron chi connectivity index (χ2n) is 8.37. The molecule has 0 aromatic rings. The average molecular weight is 504 g/mol. The summed E-state index contributed by atoms with van der Waals surface area (Å²) in [6.07, 6.45) is -22.3. The Balaban J connectivity index is 1.87. The summed E-state index contributed by atoms with van der Waals surface area (Å²) in [7, 11) is 0. The van der Waals surface area contributed by atoms with E-state index in [9.17, 15) is 56.2 Å². The normalized spacial score (nSPS) is 52.1. The van der Waals surface area contributed by atoms with Crippen LogP contribution >= 0.6 is 0 Å². The molecule has 11 N–H and O–H groups in total. The predicted molar refractivity (Wildman–Crippen MR) is 101 cm³/mol. The minimum absolute atomic E-state index is 0.777. The van der Waals surface area contributed by atoms with E-state index >= 15 is 0 Å². The minimum Gasteiger partial charge on any atom is -0.394 e. The number of hydrogen-bond donors (Lipinski definition) is 11. The minimum atomic E-state index is -2.43. The van der Waals surface area contributed by atoms with Crippen molar-refractivity contribution in [2.45, 2.75) is 85.5 Å². The Bertz CT molecular complexity index is 651. The van der Waals surface area contributed by atoms with Gasteiger partial charge < -0.3 is 79.9 Å². The molecule has 200 valence electrons. The highest BCUT2D eigenvalue weighted by atomic mass is 16.8. The summed E-state index contributed by atoms with van der Waals surface area (Å²) in [5.74, 6) is -2.43. The molecule has 34 heavy (non-hydrogen) atoms. The van der Waals surface area contributed by atoms with Gasteiger partial charge in [0.15, 0.2) is 12.6 Å². The fraction of sp³-hybridized carbons (Fsp3) is 1.00. The number of hydrogen-bond acceptors (Lipinski definition) is 16. The lowest BCUT2D eigenvalue weighted by molar-refractivity contribution is -0.400. The van der Waals surface area contributed by atoms with Crippen molar-refractivity contribution < 1.29 is 79.9 Å². The molecule has 16 heteroatoms. The first kappa shape index (κ1) is 27.9. The highest BCUT2D eigenvalue weighted by Crippen LogP contribution is 2.39. The van der Waals surface area contributed by atoms with Gasteiger partial charge in [-0.3, -0.25) is 0 Å². The van der Waals surface area contributed by atoms with Crippen molar-refractivity contribution >= 4 is 0 Å². The maximum atomic E-state index is 10.6. The largest absolute Gasteiger partial charge is 0.394 e. The molecule has 0 amide bonds. The zero-order chi connectivity index (χ0) is 25.4. The smallest absolute Gasteiger partial charge is 0.224 e. The molecule has 14 atom stereocenters. The highest BCUT2D eigenvalue weighted by molar-refractivity contribution is 5.01. The van der Waals surface area contributed by atoms with Gasteiger partial charge in [0.25, 0.3) is 0 Å². The van der Waals surface area contributed by atoms with Crippen LogP contribution in [-0.4, -0.2) is 168 Å². The van der Waals surface area contributed by atoms with Crippen LogP contribution in [0.3, 0.4) is 0 Å². The number of rotatable bonds is 8. The molecule has 16 nitrogen and oxygen atoms in total. The van der Waals surface area contributed by atoms with E-state index < -0.39 is 112 Å². The first-order valence-corrected chi connectivity index (χ1v) is 10.6. The molecule has 0 spiro atoms. The lowest BCUT2D eigenvalue weighted by Crippen LogP contribution is -2.64. The molecule has 0 saturated carbocycles. The Labute approximate surface area is 192 Å². The van der Waals surface area contributed by atoms with E-state index in [2.05, 4.69) is 0 Å². The lowest BCUT2D eigenvalue weighted by Gasteiger charge is -2.45. The Morgan fingerprint density at radius 2 is 1.03 bits per heavy atom. The van der Waals surface area contributed by atoms with Gasteiger partial charge >= 0.3 is 0 Å². The van der Waals surface area contributed by atoms with Gasteiger partial charge in [0.2, 0.25) is 5.79 Å². The van der Waals surface area contributed by atoms with Gasteiger partial charge in [-0.1, -0.05) is 0 Å². The monoisotopic (exact) mass is 504 g/mol. The average Bonchev–Trinajstić information content (AvgIpc) is 3.10. The fourth-order valence-electron chi connectivity index (χ4n) is 4.12. The van der Waals surface area contributed by atoms with Crippen LogP contribution < -0.4 is 0 Å². The van der Waals surface area contributed by atoms with Crippen LogP contribution in [0.1, 0.15) is 0 Å². The molecule has 0 aliphatic carbocycles. The highest BCUT2D eigenvalue weighted by Gasteiger charge is 2.61. The summed E-state index contributed by atoms with van der Waals surface area (Å²) in [6.45, 7) is -3.49.